The molecule has 0 bridgehead atoms. The van der Waals surface area contributed by atoms with Gasteiger partial charge in [0.1, 0.15) is 0 Å². The average Bonchev–Trinajstić information content (AvgIpc) is 2.82. The van der Waals surface area contributed by atoms with Crippen LogP contribution < -0.4 is 5.32 Å². The number of ether oxygens (including phenoxy) is 1. The van der Waals surface area contributed by atoms with Gasteiger partial charge in [-0.3, -0.25) is 4.79 Å². The van der Waals surface area contributed by atoms with Crippen molar-refractivity contribution >= 4 is 21.9 Å². The van der Waals surface area contributed by atoms with Crippen molar-refractivity contribution in [1.29, 1.82) is 0 Å². The van der Waals surface area contributed by atoms with Crippen molar-refractivity contribution < 1.29 is 22.7 Å². The molecule has 0 aromatic heterocycles. The van der Waals surface area contributed by atoms with Gasteiger partial charge in [-0.2, -0.15) is 0 Å². The average molecular weight is 453 g/mol. The zero-order valence-electron chi connectivity index (χ0n) is 17.8. The second kappa shape index (κ2) is 10.2. The molecule has 0 atom stereocenters. The lowest BCUT2D eigenvalue weighted by Crippen LogP contribution is -2.33. The Balaban J connectivity index is 1.65. The van der Waals surface area contributed by atoms with Crippen LogP contribution in [0.3, 0.4) is 0 Å². The molecule has 32 heavy (non-hydrogen) atoms. The Morgan fingerprint density at radius 1 is 0.844 bits per heavy atom. The Kier molecular flexibility index (Phi) is 7.40. The standard InChI is InChI=1S/C24H24N2O5S/c1-26(2)32(29,30)21-15-13-20(14-16-21)24(28)31-17-22(27)25-23(18-9-5-3-6-10-18)19-11-7-4-8-12-19/h3-16,23H,17H2,1-2H3,(H,25,27). The molecule has 166 valence electrons. The highest BCUT2D eigenvalue weighted by Crippen LogP contribution is 2.21. The summed E-state index contributed by atoms with van der Waals surface area (Å²) in [5.41, 5.74) is 1.95. The maximum atomic E-state index is 12.5. The summed E-state index contributed by atoms with van der Waals surface area (Å²) < 4.78 is 30.5. The fourth-order valence-corrected chi connectivity index (χ4v) is 3.94. The molecule has 0 radical (unpaired) electrons. The maximum absolute atomic E-state index is 12.5. The first kappa shape index (κ1) is 23.2. The van der Waals surface area contributed by atoms with Crippen LogP contribution in [-0.4, -0.2) is 45.3 Å². The van der Waals surface area contributed by atoms with Gasteiger partial charge in [0.2, 0.25) is 10.0 Å². The molecule has 3 aromatic carbocycles. The number of carbonyl (C=O) groups is 2. The van der Waals surface area contributed by atoms with Crippen LogP contribution in [0.5, 0.6) is 0 Å². The summed E-state index contributed by atoms with van der Waals surface area (Å²) in [5, 5.41) is 2.90. The van der Waals surface area contributed by atoms with Gasteiger partial charge in [0, 0.05) is 14.1 Å². The number of nitrogens with one attached hydrogen (secondary N) is 1. The zero-order valence-corrected chi connectivity index (χ0v) is 18.6. The number of amides is 1. The first-order valence-electron chi connectivity index (χ1n) is 9.88. The van der Waals surface area contributed by atoms with Crippen LogP contribution in [0.15, 0.2) is 89.8 Å². The number of hydrogen-bond acceptors (Lipinski definition) is 5. The number of benzene rings is 3. The molecule has 7 nitrogen and oxygen atoms in total. The van der Waals surface area contributed by atoms with Gasteiger partial charge in [0.15, 0.2) is 6.61 Å². The Bertz CT molecular complexity index is 1120. The van der Waals surface area contributed by atoms with Crippen molar-refractivity contribution in [2.45, 2.75) is 10.9 Å². The fraction of sp³-hybridized carbons (Fsp3) is 0.167. The van der Waals surface area contributed by atoms with E-state index in [0.29, 0.717) is 0 Å². The molecule has 3 aromatic rings. The van der Waals surface area contributed by atoms with Gasteiger partial charge in [-0.1, -0.05) is 60.7 Å². The van der Waals surface area contributed by atoms with E-state index in [1.54, 1.807) is 0 Å². The highest BCUT2D eigenvalue weighted by atomic mass is 32.2. The molecule has 3 rings (SSSR count). The molecule has 0 aliphatic carbocycles. The molecule has 0 spiro atoms. The van der Waals surface area contributed by atoms with Crippen LogP contribution in [0.4, 0.5) is 0 Å². The SMILES string of the molecule is CN(C)S(=O)(=O)c1ccc(C(=O)OCC(=O)NC(c2ccccc2)c2ccccc2)cc1. The van der Waals surface area contributed by atoms with Gasteiger partial charge >= 0.3 is 5.97 Å². The lowest BCUT2D eigenvalue weighted by Gasteiger charge is -2.20. The lowest BCUT2D eigenvalue weighted by atomic mass is 9.99. The number of hydrogen-bond donors (Lipinski definition) is 1. The summed E-state index contributed by atoms with van der Waals surface area (Å²) in [4.78, 5) is 24.9. The number of rotatable bonds is 8. The second-order valence-corrected chi connectivity index (χ2v) is 9.36. The van der Waals surface area contributed by atoms with Crippen LogP contribution in [0, 0.1) is 0 Å². The van der Waals surface area contributed by atoms with Gasteiger partial charge < -0.3 is 10.1 Å². The predicted molar refractivity (Wildman–Crippen MR) is 120 cm³/mol. The van der Waals surface area contributed by atoms with Crippen molar-refractivity contribution in [2.24, 2.45) is 0 Å². The van der Waals surface area contributed by atoms with Crippen LogP contribution in [0.1, 0.15) is 27.5 Å². The van der Waals surface area contributed by atoms with E-state index in [9.17, 15) is 18.0 Å². The summed E-state index contributed by atoms with van der Waals surface area (Å²) in [6, 6.07) is 23.9. The molecule has 0 unspecified atom stereocenters. The van der Waals surface area contributed by atoms with Crippen molar-refractivity contribution in [3.05, 3.63) is 102 Å². The zero-order chi connectivity index (χ0) is 23.1. The summed E-state index contributed by atoms with van der Waals surface area (Å²) in [6.07, 6.45) is 0. The van der Waals surface area contributed by atoms with E-state index in [1.165, 1.54) is 38.4 Å². The van der Waals surface area contributed by atoms with Crippen molar-refractivity contribution in [3.8, 4) is 0 Å². The number of carbonyl (C=O) groups excluding carboxylic acids is 2. The van der Waals surface area contributed by atoms with Gasteiger partial charge in [-0.25, -0.2) is 17.5 Å². The van der Waals surface area contributed by atoms with Crippen LogP contribution in [0.2, 0.25) is 0 Å². The minimum absolute atomic E-state index is 0.0605. The van der Waals surface area contributed by atoms with E-state index in [-0.39, 0.29) is 16.5 Å². The molecule has 0 aliphatic heterocycles. The molecule has 0 saturated carbocycles. The van der Waals surface area contributed by atoms with Gasteiger partial charge in [-0.05, 0) is 35.4 Å². The summed E-state index contributed by atoms with van der Waals surface area (Å²) in [7, 11) is -0.744. The second-order valence-electron chi connectivity index (χ2n) is 7.21. The molecular formula is C24H24N2O5S. The normalized spacial score (nSPS) is 11.4. The van der Waals surface area contributed by atoms with E-state index in [2.05, 4.69) is 5.32 Å². The molecule has 1 amide bonds. The Labute approximate surface area is 187 Å². The fourth-order valence-electron chi connectivity index (χ4n) is 3.04. The highest BCUT2D eigenvalue weighted by molar-refractivity contribution is 7.89. The molecule has 0 saturated heterocycles. The Hall–Kier alpha value is -3.49. The van der Waals surface area contributed by atoms with Crippen LogP contribution in [0.25, 0.3) is 0 Å². The third-order valence-electron chi connectivity index (χ3n) is 4.77. The predicted octanol–water partition coefficient (Wildman–Crippen LogP) is 3.00. The van der Waals surface area contributed by atoms with E-state index < -0.39 is 28.5 Å². The van der Waals surface area contributed by atoms with Gasteiger partial charge in [-0.15, -0.1) is 0 Å². The minimum atomic E-state index is -3.59. The number of esters is 1. The molecule has 0 aliphatic rings. The summed E-state index contributed by atoms with van der Waals surface area (Å²) in [5.74, 6) is -1.17. The molecule has 1 N–H and O–H groups in total. The van der Waals surface area contributed by atoms with Gasteiger partial charge in [0.25, 0.3) is 5.91 Å². The molecule has 0 heterocycles. The third-order valence-corrected chi connectivity index (χ3v) is 6.60. The van der Waals surface area contributed by atoms with Gasteiger partial charge in [0.05, 0.1) is 16.5 Å². The smallest absolute Gasteiger partial charge is 0.338 e. The van der Waals surface area contributed by atoms with Crippen LogP contribution in [-0.2, 0) is 19.6 Å². The van der Waals surface area contributed by atoms with E-state index in [1.807, 2.05) is 60.7 Å². The highest BCUT2D eigenvalue weighted by Gasteiger charge is 2.20. The monoisotopic (exact) mass is 452 g/mol. The Morgan fingerprint density at radius 3 is 1.81 bits per heavy atom. The quantitative estimate of drug-likeness (QED) is 0.531. The first-order chi connectivity index (χ1) is 15.3. The first-order valence-corrected chi connectivity index (χ1v) is 11.3. The van der Waals surface area contributed by atoms with Crippen molar-refractivity contribution in [1.82, 2.24) is 9.62 Å². The molecule has 8 heteroatoms. The van der Waals surface area contributed by atoms with Crippen molar-refractivity contribution in [3.63, 3.8) is 0 Å². The number of sulfonamides is 1. The lowest BCUT2D eigenvalue weighted by molar-refractivity contribution is -0.124. The molecule has 0 fully saturated rings. The summed E-state index contributed by atoms with van der Waals surface area (Å²) in [6.45, 7) is -0.466. The Morgan fingerprint density at radius 2 is 1.34 bits per heavy atom. The van der Waals surface area contributed by atoms with E-state index >= 15 is 0 Å². The largest absolute Gasteiger partial charge is 0.452 e. The topological polar surface area (TPSA) is 92.8 Å². The third kappa shape index (κ3) is 5.60. The van der Waals surface area contributed by atoms with Crippen LogP contribution >= 0.6 is 0 Å². The van der Waals surface area contributed by atoms with E-state index in [0.717, 1.165) is 15.4 Å². The van der Waals surface area contributed by atoms with E-state index in [4.69, 9.17) is 4.74 Å². The van der Waals surface area contributed by atoms with Crippen molar-refractivity contribution in [2.75, 3.05) is 20.7 Å². The summed E-state index contributed by atoms with van der Waals surface area (Å²) >= 11 is 0. The minimum Gasteiger partial charge on any atom is -0.452 e. The number of nitrogens with zero attached hydrogens (tertiary/aromatic N) is 1. The maximum Gasteiger partial charge on any atom is 0.338 e. The molecular weight excluding hydrogens is 428 g/mol.